The van der Waals surface area contributed by atoms with Gasteiger partial charge in [0.2, 0.25) is 0 Å². The first kappa shape index (κ1) is 21.7. The van der Waals surface area contributed by atoms with Crippen LogP contribution in [0.2, 0.25) is 0 Å². The molecule has 4 rings (SSSR count). The molecule has 30 heavy (non-hydrogen) atoms. The van der Waals surface area contributed by atoms with E-state index in [1.165, 1.54) is 101 Å². The zero-order valence-corrected chi connectivity index (χ0v) is 19.5. The number of rotatable bonds is 7. The Morgan fingerprint density at radius 2 is 0.833 bits per heavy atom. The third-order valence-electron chi connectivity index (χ3n) is 8.41. The van der Waals surface area contributed by atoms with Crippen molar-refractivity contribution in [1.29, 1.82) is 0 Å². The van der Waals surface area contributed by atoms with Crippen LogP contribution in [0.25, 0.3) is 11.1 Å². The molecule has 0 heteroatoms. The van der Waals surface area contributed by atoms with Crippen LogP contribution in [0.1, 0.15) is 115 Å². The second kappa shape index (κ2) is 9.71. The average molecular weight is 403 g/mol. The van der Waals surface area contributed by atoms with Gasteiger partial charge in [0.15, 0.2) is 0 Å². The molecule has 0 radical (unpaired) electrons. The highest BCUT2D eigenvalue weighted by Gasteiger charge is 2.34. The van der Waals surface area contributed by atoms with Crippen LogP contribution in [0, 0.1) is 0 Å². The smallest absolute Gasteiger partial charge is 0.00471 e. The van der Waals surface area contributed by atoms with Crippen molar-refractivity contribution in [3.05, 3.63) is 59.7 Å². The van der Waals surface area contributed by atoms with Gasteiger partial charge in [-0.2, -0.15) is 0 Å². The van der Waals surface area contributed by atoms with Crippen molar-refractivity contribution in [3.8, 4) is 11.1 Å². The van der Waals surface area contributed by atoms with E-state index >= 15 is 0 Å². The summed E-state index contributed by atoms with van der Waals surface area (Å²) in [4.78, 5) is 0. The SMILES string of the molecule is CCCC1(c2ccc(-c3ccc(C4(CCC)CCCCC4)cc3)cc2)CCCCC1. The lowest BCUT2D eigenvalue weighted by atomic mass is 9.66. The monoisotopic (exact) mass is 402 g/mol. The van der Waals surface area contributed by atoms with Gasteiger partial charge in [0.1, 0.15) is 0 Å². The molecule has 0 heterocycles. The Morgan fingerprint density at radius 1 is 0.500 bits per heavy atom. The van der Waals surface area contributed by atoms with Crippen LogP contribution in [0.5, 0.6) is 0 Å². The second-order valence-electron chi connectivity index (χ2n) is 10.3. The Morgan fingerprint density at radius 3 is 1.13 bits per heavy atom. The molecule has 0 aliphatic heterocycles. The fourth-order valence-corrected chi connectivity index (χ4v) is 6.81. The third kappa shape index (κ3) is 4.39. The molecular weight excluding hydrogens is 360 g/mol. The molecular formula is C30H42. The van der Waals surface area contributed by atoms with Gasteiger partial charge in [-0.3, -0.25) is 0 Å². The first-order valence-corrected chi connectivity index (χ1v) is 12.9. The van der Waals surface area contributed by atoms with Crippen LogP contribution in [0.3, 0.4) is 0 Å². The van der Waals surface area contributed by atoms with Gasteiger partial charge >= 0.3 is 0 Å². The third-order valence-corrected chi connectivity index (χ3v) is 8.41. The maximum absolute atomic E-state index is 2.45. The number of hydrogen-bond acceptors (Lipinski definition) is 0. The average Bonchev–Trinajstić information content (AvgIpc) is 2.81. The fraction of sp³-hybridized carbons (Fsp3) is 0.600. The molecule has 0 bridgehead atoms. The maximum Gasteiger partial charge on any atom is -0.00471 e. The summed E-state index contributed by atoms with van der Waals surface area (Å²) in [5, 5.41) is 0. The largest absolute Gasteiger partial charge is 0.0654 e. The van der Waals surface area contributed by atoms with Gasteiger partial charge in [-0.25, -0.2) is 0 Å². The summed E-state index contributed by atoms with van der Waals surface area (Å²) in [6.07, 6.45) is 19.3. The molecule has 0 N–H and O–H groups in total. The van der Waals surface area contributed by atoms with E-state index in [0.717, 1.165) is 0 Å². The van der Waals surface area contributed by atoms with E-state index in [0.29, 0.717) is 10.8 Å². The molecule has 2 aliphatic rings. The maximum atomic E-state index is 2.45. The molecule has 0 saturated heterocycles. The van der Waals surface area contributed by atoms with E-state index in [9.17, 15) is 0 Å². The summed E-state index contributed by atoms with van der Waals surface area (Å²) < 4.78 is 0. The molecule has 2 aromatic rings. The molecule has 0 aromatic heterocycles. The minimum absolute atomic E-state index is 0.447. The lowest BCUT2D eigenvalue weighted by Crippen LogP contribution is -2.28. The number of hydrogen-bond donors (Lipinski definition) is 0. The molecule has 2 saturated carbocycles. The Labute approximate surface area is 185 Å². The van der Waals surface area contributed by atoms with Gasteiger partial charge in [-0.1, -0.05) is 114 Å². The van der Waals surface area contributed by atoms with E-state index in [4.69, 9.17) is 0 Å². The van der Waals surface area contributed by atoms with Gasteiger partial charge in [0.25, 0.3) is 0 Å². The summed E-state index contributed by atoms with van der Waals surface area (Å²) >= 11 is 0. The molecule has 2 aromatic carbocycles. The van der Waals surface area contributed by atoms with E-state index < -0.39 is 0 Å². The summed E-state index contributed by atoms with van der Waals surface area (Å²) in [5.41, 5.74) is 6.83. The molecule has 0 nitrogen and oxygen atoms in total. The minimum Gasteiger partial charge on any atom is -0.0654 e. The topological polar surface area (TPSA) is 0 Å². The molecule has 2 fully saturated rings. The summed E-state index contributed by atoms with van der Waals surface area (Å²) in [5.74, 6) is 0. The predicted molar refractivity (Wildman–Crippen MR) is 131 cm³/mol. The van der Waals surface area contributed by atoms with Crippen LogP contribution in [-0.2, 0) is 10.8 Å². The standard InChI is InChI=1S/C30H42/c1-3-19-29(21-7-5-8-22-29)27-15-11-25(12-16-27)26-13-17-28(18-14-26)30(20-4-2)23-9-6-10-24-30/h11-18H,3-10,19-24H2,1-2H3. The lowest BCUT2D eigenvalue weighted by Gasteiger charge is -2.38. The summed E-state index contributed by atoms with van der Waals surface area (Å²) in [6, 6.07) is 19.3. The first-order valence-electron chi connectivity index (χ1n) is 12.9. The quantitative estimate of drug-likeness (QED) is 0.432. The Bertz CT molecular complexity index is 687. The zero-order chi connectivity index (χ0) is 20.9. The number of benzene rings is 2. The van der Waals surface area contributed by atoms with Gasteiger partial charge in [-0.05, 0) is 71.6 Å². The van der Waals surface area contributed by atoms with Crippen LogP contribution in [0.4, 0.5) is 0 Å². The highest BCUT2D eigenvalue weighted by Crippen LogP contribution is 2.45. The van der Waals surface area contributed by atoms with Crippen molar-refractivity contribution < 1.29 is 0 Å². The van der Waals surface area contributed by atoms with E-state index in [1.54, 1.807) is 11.1 Å². The normalized spacial score (nSPS) is 20.7. The van der Waals surface area contributed by atoms with Gasteiger partial charge in [0, 0.05) is 0 Å². The van der Waals surface area contributed by atoms with Crippen molar-refractivity contribution in [2.45, 2.75) is 115 Å². The Kier molecular flexibility index (Phi) is 7.01. The second-order valence-corrected chi connectivity index (χ2v) is 10.3. The Hall–Kier alpha value is -1.56. The highest BCUT2D eigenvalue weighted by molar-refractivity contribution is 5.64. The van der Waals surface area contributed by atoms with Crippen molar-refractivity contribution in [1.82, 2.24) is 0 Å². The minimum atomic E-state index is 0.447. The van der Waals surface area contributed by atoms with Crippen molar-refractivity contribution >= 4 is 0 Å². The van der Waals surface area contributed by atoms with Crippen molar-refractivity contribution in [3.63, 3.8) is 0 Å². The van der Waals surface area contributed by atoms with Crippen LogP contribution >= 0.6 is 0 Å². The van der Waals surface area contributed by atoms with Crippen LogP contribution < -0.4 is 0 Å². The van der Waals surface area contributed by atoms with E-state index in [-0.39, 0.29) is 0 Å². The molecule has 0 spiro atoms. The zero-order valence-electron chi connectivity index (χ0n) is 19.5. The van der Waals surface area contributed by atoms with Gasteiger partial charge in [0.05, 0.1) is 0 Å². The summed E-state index contributed by atoms with van der Waals surface area (Å²) in [6.45, 7) is 4.70. The van der Waals surface area contributed by atoms with Crippen LogP contribution in [-0.4, -0.2) is 0 Å². The molecule has 2 aliphatic carbocycles. The van der Waals surface area contributed by atoms with Crippen LogP contribution in [0.15, 0.2) is 48.5 Å². The van der Waals surface area contributed by atoms with Crippen molar-refractivity contribution in [2.75, 3.05) is 0 Å². The van der Waals surface area contributed by atoms with Gasteiger partial charge in [-0.15, -0.1) is 0 Å². The Balaban J connectivity index is 1.54. The van der Waals surface area contributed by atoms with E-state index in [1.807, 2.05) is 0 Å². The van der Waals surface area contributed by atoms with Crippen molar-refractivity contribution in [2.24, 2.45) is 0 Å². The highest BCUT2D eigenvalue weighted by atomic mass is 14.4. The molecule has 0 amide bonds. The summed E-state index contributed by atoms with van der Waals surface area (Å²) in [7, 11) is 0. The fourth-order valence-electron chi connectivity index (χ4n) is 6.81. The predicted octanol–water partition coefficient (Wildman–Crippen LogP) is 9.36. The molecule has 0 unspecified atom stereocenters. The van der Waals surface area contributed by atoms with Gasteiger partial charge < -0.3 is 0 Å². The molecule has 0 atom stereocenters. The first-order chi connectivity index (χ1) is 14.7. The van der Waals surface area contributed by atoms with E-state index in [2.05, 4.69) is 62.4 Å². The molecule has 162 valence electrons. The lowest BCUT2D eigenvalue weighted by molar-refractivity contribution is 0.271.